The van der Waals surface area contributed by atoms with Crippen LogP contribution in [-0.4, -0.2) is 56.1 Å². The number of anilines is 1. The Morgan fingerprint density at radius 2 is 1.83 bits per heavy atom. The molecule has 2 fully saturated rings. The Kier molecular flexibility index (Phi) is 6.25. The quantitative estimate of drug-likeness (QED) is 0.333. The molecule has 210 valence electrons. The molecule has 2 aromatic carbocycles. The summed E-state index contributed by atoms with van der Waals surface area (Å²) < 4.78 is 16.8. The molecular formula is C32H33FN6O2. The largest absolute Gasteiger partial charge is 0.330 e. The van der Waals surface area contributed by atoms with Gasteiger partial charge in [0.25, 0.3) is 5.91 Å². The highest BCUT2D eigenvalue weighted by molar-refractivity contribution is 5.96. The molecule has 3 aliphatic rings. The number of nitrogens with one attached hydrogen (secondary N) is 1. The summed E-state index contributed by atoms with van der Waals surface area (Å²) >= 11 is 0. The van der Waals surface area contributed by atoms with Crippen molar-refractivity contribution in [2.24, 2.45) is 5.92 Å². The molecule has 0 unspecified atom stereocenters. The maximum absolute atomic E-state index is 15.3. The monoisotopic (exact) mass is 552 g/mol. The zero-order chi connectivity index (χ0) is 28.2. The molecule has 0 spiro atoms. The maximum atomic E-state index is 15.3. The smallest absolute Gasteiger partial charge is 0.321 e. The van der Waals surface area contributed by atoms with Crippen molar-refractivity contribution in [3.05, 3.63) is 82.9 Å². The van der Waals surface area contributed by atoms with Crippen molar-refractivity contribution in [1.82, 2.24) is 24.6 Å². The lowest BCUT2D eigenvalue weighted by Gasteiger charge is -2.35. The number of halogens is 1. The molecule has 7 rings (SSSR count). The molecule has 1 saturated carbocycles. The Bertz CT molecular complexity index is 1680. The van der Waals surface area contributed by atoms with E-state index in [9.17, 15) is 9.59 Å². The summed E-state index contributed by atoms with van der Waals surface area (Å²) in [7, 11) is 0. The molecule has 1 aliphatic carbocycles. The predicted octanol–water partition coefficient (Wildman–Crippen LogP) is 6.07. The summed E-state index contributed by atoms with van der Waals surface area (Å²) in [6, 6.07) is 14.5. The second-order valence-electron chi connectivity index (χ2n) is 11.7. The molecule has 1 saturated heterocycles. The Balaban J connectivity index is 1.17. The summed E-state index contributed by atoms with van der Waals surface area (Å²) in [5, 5.41) is 7.52. The number of nitrogens with zero attached hydrogens (tertiary/aromatic N) is 5. The van der Waals surface area contributed by atoms with Crippen LogP contribution in [0.1, 0.15) is 72.2 Å². The number of likely N-dealkylation sites (tertiary alicyclic amines) is 1. The average Bonchev–Trinajstić information content (AvgIpc) is 3.58. The summed E-state index contributed by atoms with van der Waals surface area (Å²) in [4.78, 5) is 34.7. The van der Waals surface area contributed by atoms with Crippen LogP contribution < -0.4 is 5.32 Å². The minimum Gasteiger partial charge on any atom is -0.330 e. The Morgan fingerprint density at radius 1 is 1.00 bits per heavy atom. The average molecular weight is 553 g/mol. The molecule has 4 aromatic rings. The van der Waals surface area contributed by atoms with Crippen LogP contribution in [0.25, 0.3) is 16.7 Å². The number of carbonyl (C=O) groups is 2. The van der Waals surface area contributed by atoms with Gasteiger partial charge >= 0.3 is 6.03 Å². The van der Waals surface area contributed by atoms with Crippen LogP contribution >= 0.6 is 0 Å². The molecule has 0 radical (unpaired) electrons. The van der Waals surface area contributed by atoms with Gasteiger partial charge in [-0.2, -0.15) is 5.10 Å². The molecular weight excluding hydrogens is 519 g/mol. The van der Waals surface area contributed by atoms with Gasteiger partial charge in [-0.3, -0.25) is 4.79 Å². The SMILES string of the molecule is C[C@@H]1CCN(C(=O)Nc2ccc(-n3cc4nc(C(=O)N5CCc6ccccc6[C@H]5C)cc(C5CC5)c4n3)c(F)c2)C1. The van der Waals surface area contributed by atoms with E-state index in [2.05, 4.69) is 31.3 Å². The number of hydrogen-bond acceptors (Lipinski definition) is 4. The number of fused-ring (bicyclic) bond motifs is 2. The Labute approximate surface area is 238 Å². The lowest BCUT2D eigenvalue weighted by molar-refractivity contribution is 0.0672. The molecule has 2 aliphatic heterocycles. The van der Waals surface area contributed by atoms with E-state index in [0.717, 1.165) is 31.2 Å². The number of urea groups is 1. The first-order valence-corrected chi connectivity index (χ1v) is 14.5. The number of rotatable bonds is 4. The van der Waals surface area contributed by atoms with Crippen LogP contribution in [0.3, 0.4) is 0 Å². The van der Waals surface area contributed by atoms with Crippen LogP contribution in [0, 0.1) is 11.7 Å². The number of aromatic nitrogens is 3. The first-order valence-electron chi connectivity index (χ1n) is 14.5. The van der Waals surface area contributed by atoms with Crippen LogP contribution in [-0.2, 0) is 6.42 Å². The van der Waals surface area contributed by atoms with Gasteiger partial charge in [-0.1, -0.05) is 31.2 Å². The second kappa shape index (κ2) is 9.98. The van der Waals surface area contributed by atoms with Gasteiger partial charge in [-0.05, 0) is 85.4 Å². The highest BCUT2D eigenvalue weighted by atomic mass is 19.1. The van der Waals surface area contributed by atoms with Gasteiger partial charge in [-0.15, -0.1) is 0 Å². The first-order chi connectivity index (χ1) is 19.9. The number of pyridine rings is 1. The third-order valence-electron chi connectivity index (χ3n) is 8.75. The van der Waals surface area contributed by atoms with Gasteiger partial charge in [-0.25, -0.2) is 18.9 Å². The fraction of sp³-hybridized carbons (Fsp3) is 0.375. The van der Waals surface area contributed by atoms with E-state index in [1.807, 2.05) is 23.1 Å². The first kappa shape index (κ1) is 25.7. The molecule has 2 aromatic heterocycles. The molecule has 1 N–H and O–H groups in total. The van der Waals surface area contributed by atoms with Crippen LogP contribution in [0.5, 0.6) is 0 Å². The van der Waals surface area contributed by atoms with Crippen molar-refractivity contribution < 1.29 is 14.0 Å². The molecule has 8 nitrogen and oxygen atoms in total. The number of amides is 3. The van der Waals surface area contributed by atoms with Gasteiger partial charge in [0.15, 0.2) is 5.82 Å². The summed E-state index contributed by atoms with van der Waals surface area (Å²) in [6.45, 7) is 6.23. The maximum Gasteiger partial charge on any atom is 0.321 e. The fourth-order valence-corrected chi connectivity index (χ4v) is 6.26. The Morgan fingerprint density at radius 3 is 2.59 bits per heavy atom. The van der Waals surface area contributed by atoms with Gasteiger partial charge in [0.1, 0.15) is 22.4 Å². The molecule has 3 amide bonds. The topological polar surface area (TPSA) is 83.4 Å². The third-order valence-corrected chi connectivity index (χ3v) is 8.75. The second-order valence-corrected chi connectivity index (χ2v) is 11.7. The van der Waals surface area contributed by atoms with Crippen molar-refractivity contribution >= 4 is 28.7 Å². The summed E-state index contributed by atoms with van der Waals surface area (Å²) in [6.07, 6.45) is 5.55. The minimum absolute atomic E-state index is 0.0426. The van der Waals surface area contributed by atoms with Crippen molar-refractivity contribution in [1.29, 1.82) is 0 Å². The molecule has 9 heteroatoms. The van der Waals surface area contributed by atoms with E-state index < -0.39 is 5.82 Å². The van der Waals surface area contributed by atoms with Gasteiger partial charge in [0, 0.05) is 25.3 Å². The van der Waals surface area contributed by atoms with E-state index in [1.165, 1.54) is 21.9 Å². The molecule has 41 heavy (non-hydrogen) atoms. The number of carbonyl (C=O) groups excluding carboxylic acids is 2. The van der Waals surface area contributed by atoms with E-state index in [-0.39, 0.29) is 23.7 Å². The van der Waals surface area contributed by atoms with Crippen molar-refractivity contribution in [3.8, 4) is 5.69 Å². The normalized spacial score (nSPS) is 20.4. The van der Waals surface area contributed by atoms with Gasteiger partial charge < -0.3 is 15.1 Å². The standard InChI is InChI=1S/C32H33FN6O2/c1-19-11-13-37(17-19)32(41)34-23-9-10-29(26(33)15-23)39-18-28-30(36-39)25(22-7-8-22)16-27(35-28)31(40)38-14-12-21-5-3-4-6-24(21)20(38)2/h3-6,9-10,15-16,18-20,22H,7-8,11-14,17H2,1-2H3,(H,34,41)/t19-,20-/m1/s1. The van der Waals surface area contributed by atoms with Crippen molar-refractivity contribution in [2.45, 2.75) is 51.5 Å². The third kappa shape index (κ3) is 4.73. The molecule has 0 bridgehead atoms. The zero-order valence-electron chi connectivity index (χ0n) is 23.3. The zero-order valence-corrected chi connectivity index (χ0v) is 23.3. The van der Waals surface area contributed by atoms with E-state index in [0.29, 0.717) is 53.9 Å². The van der Waals surface area contributed by atoms with E-state index in [1.54, 1.807) is 23.2 Å². The fourth-order valence-electron chi connectivity index (χ4n) is 6.26. The summed E-state index contributed by atoms with van der Waals surface area (Å²) in [5.41, 5.74) is 5.77. The van der Waals surface area contributed by atoms with Crippen molar-refractivity contribution in [3.63, 3.8) is 0 Å². The Hall–Kier alpha value is -4.27. The van der Waals surface area contributed by atoms with Crippen molar-refractivity contribution in [2.75, 3.05) is 25.0 Å². The van der Waals surface area contributed by atoms with Crippen LogP contribution in [0.15, 0.2) is 54.7 Å². The lowest BCUT2D eigenvalue weighted by atomic mass is 9.93. The van der Waals surface area contributed by atoms with Crippen LogP contribution in [0.2, 0.25) is 0 Å². The van der Waals surface area contributed by atoms with Gasteiger partial charge in [0.05, 0.1) is 12.2 Å². The predicted molar refractivity (Wildman–Crippen MR) is 155 cm³/mol. The van der Waals surface area contributed by atoms with Gasteiger partial charge in [0.2, 0.25) is 0 Å². The number of benzene rings is 2. The van der Waals surface area contributed by atoms with E-state index >= 15 is 4.39 Å². The highest BCUT2D eigenvalue weighted by Crippen LogP contribution is 2.43. The lowest BCUT2D eigenvalue weighted by Crippen LogP contribution is -2.39. The van der Waals surface area contributed by atoms with E-state index in [4.69, 9.17) is 10.1 Å². The number of hydrogen-bond donors (Lipinski definition) is 1. The van der Waals surface area contributed by atoms with Crippen LogP contribution in [0.4, 0.5) is 14.9 Å². The molecule has 2 atom stereocenters. The molecule has 4 heterocycles. The summed E-state index contributed by atoms with van der Waals surface area (Å²) in [5.74, 6) is 0.196. The highest BCUT2D eigenvalue weighted by Gasteiger charge is 2.32. The minimum atomic E-state index is -0.504.